The minimum Gasteiger partial charge on any atom is -0.469 e. The Labute approximate surface area is 110 Å². The largest absolute Gasteiger partial charge is 0.469 e. The minimum absolute atomic E-state index is 0.153. The molecule has 0 aromatic rings. The molecule has 1 N–H and O–H groups in total. The lowest BCUT2D eigenvalue weighted by atomic mass is 9.92. The molecule has 0 aromatic carbocycles. The Hall–Kier alpha value is -0.650. The molecule has 0 aliphatic rings. The molecule has 5 heteroatoms. The summed E-state index contributed by atoms with van der Waals surface area (Å²) in [5, 5.41) is 10.3. The van der Waals surface area contributed by atoms with E-state index in [2.05, 4.69) is 4.74 Å². The van der Waals surface area contributed by atoms with Crippen LogP contribution in [0.15, 0.2) is 0 Å². The molecule has 0 heterocycles. The van der Waals surface area contributed by atoms with Gasteiger partial charge in [0.2, 0.25) is 0 Å². The van der Waals surface area contributed by atoms with Gasteiger partial charge in [0.15, 0.2) is 0 Å². The third kappa shape index (κ3) is 6.93. The highest BCUT2D eigenvalue weighted by atomic mass is 16.5. The Morgan fingerprint density at radius 1 is 1.33 bits per heavy atom. The number of carbonyl (C=O) groups excluding carboxylic acids is 1. The summed E-state index contributed by atoms with van der Waals surface area (Å²) in [6, 6.07) is 0. The van der Waals surface area contributed by atoms with Crippen LogP contribution in [0.1, 0.15) is 27.2 Å². The number of esters is 1. The summed E-state index contributed by atoms with van der Waals surface area (Å²) in [6.45, 7) is 8.13. The quantitative estimate of drug-likeness (QED) is 0.625. The molecule has 18 heavy (non-hydrogen) atoms. The normalized spacial score (nSPS) is 14.9. The number of nitrogens with zero attached hydrogens (tertiary/aromatic N) is 1. The summed E-state index contributed by atoms with van der Waals surface area (Å²) >= 11 is 0. The third-order valence-corrected chi connectivity index (χ3v) is 3.26. The number of carbonyl (C=O) groups is 1. The van der Waals surface area contributed by atoms with Gasteiger partial charge in [0.1, 0.15) is 0 Å². The fourth-order valence-corrected chi connectivity index (χ4v) is 1.48. The summed E-state index contributed by atoms with van der Waals surface area (Å²) < 4.78 is 9.66. The van der Waals surface area contributed by atoms with E-state index in [1.54, 1.807) is 7.11 Å². The molecular weight excluding hydrogens is 234 g/mol. The van der Waals surface area contributed by atoms with E-state index in [9.17, 15) is 9.90 Å². The monoisotopic (exact) mass is 261 g/mol. The predicted octanol–water partition coefficient (Wildman–Crippen LogP) is 0.905. The van der Waals surface area contributed by atoms with Gasteiger partial charge in [0.05, 0.1) is 25.7 Å². The molecule has 0 aliphatic carbocycles. The van der Waals surface area contributed by atoms with Gasteiger partial charge < -0.3 is 14.6 Å². The highest BCUT2D eigenvalue weighted by Crippen LogP contribution is 2.17. The Kier molecular flexibility index (Phi) is 8.15. The van der Waals surface area contributed by atoms with Crippen LogP contribution in [0.25, 0.3) is 0 Å². The third-order valence-electron chi connectivity index (χ3n) is 3.26. The molecule has 0 spiro atoms. The summed E-state index contributed by atoms with van der Waals surface area (Å²) in [4.78, 5) is 13.2. The SMILES string of the molecule is COCCN(CCC(=O)OC)CC(C)(O)C(C)C. The van der Waals surface area contributed by atoms with E-state index in [4.69, 9.17) is 4.74 Å². The van der Waals surface area contributed by atoms with Gasteiger partial charge in [-0.2, -0.15) is 0 Å². The fraction of sp³-hybridized carbons (Fsp3) is 0.923. The molecule has 5 nitrogen and oxygen atoms in total. The number of rotatable bonds is 9. The van der Waals surface area contributed by atoms with Crippen molar-refractivity contribution < 1.29 is 19.4 Å². The Morgan fingerprint density at radius 3 is 2.39 bits per heavy atom. The first kappa shape index (κ1) is 17.4. The maximum absolute atomic E-state index is 11.1. The molecule has 0 aliphatic heterocycles. The van der Waals surface area contributed by atoms with Gasteiger partial charge in [-0.05, 0) is 12.8 Å². The van der Waals surface area contributed by atoms with Crippen LogP contribution in [0.5, 0.6) is 0 Å². The van der Waals surface area contributed by atoms with Crippen molar-refractivity contribution in [3.05, 3.63) is 0 Å². The van der Waals surface area contributed by atoms with Crippen LogP contribution in [0, 0.1) is 5.92 Å². The fourth-order valence-electron chi connectivity index (χ4n) is 1.48. The molecule has 0 saturated carbocycles. The van der Waals surface area contributed by atoms with Crippen molar-refractivity contribution >= 4 is 5.97 Å². The molecule has 0 aromatic heterocycles. The maximum atomic E-state index is 11.1. The second kappa shape index (κ2) is 8.45. The van der Waals surface area contributed by atoms with E-state index in [1.807, 2.05) is 25.7 Å². The summed E-state index contributed by atoms with van der Waals surface area (Å²) in [5.41, 5.74) is -0.774. The van der Waals surface area contributed by atoms with Crippen LogP contribution < -0.4 is 0 Å². The summed E-state index contributed by atoms with van der Waals surface area (Å²) in [5.74, 6) is -0.0812. The van der Waals surface area contributed by atoms with Crippen LogP contribution in [-0.2, 0) is 14.3 Å². The van der Waals surface area contributed by atoms with Crippen LogP contribution in [0.2, 0.25) is 0 Å². The van der Waals surface area contributed by atoms with Gasteiger partial charge >= 0.3 is 5.97 Å². The summed E-state index contributed by atoms with van der Waals surface area (Å²) in [7, 11) is 3.02. The average Bonchev–Trinajstić information content (AvgIpc) is 2.31. The zero-order chi connectivity index (χ0) is 14.2. The minimum atomic E-state index is -0.774. The molecule has 1 atom stereocenters. The Morgan fingerprint density at radius 2 is 1.94 bits per heavy atom. The van der Waals surface area contributed by atoms with E-state index in [1.165, 1.54) is 7.11 Å². The van der Waals surface area contributed by atoms with Crippen molar-refractivity contribution in [3.8, 4) is 0 Å². The van der Waals surface area contributed by atoms with Crippen LogP contribution in [0.4, 0.5) is 0 Å². The maximum Gasteiger partial charge on any atom is 0.306 e. The molecule has 0 bridgehead atoms. The lowest BCUT2D eigenvalue weighted by Gasteiger charge is -2.34. The van der Waals surface area contributed by atoms with Gasteiger partial charge in [0.25, 0.3) is 0 Å². The van der Waals surface area contributed by atoms with Crippen LogP contribution >= 0.6 is 0 Å². The number of methoxy groups -OCH3 is 2. The zero-order valence-electron chi connectivity index (χ0n) is 12.2. The van der Waals surface area contributed by atoms with Gasteiger partial charge in [-0.15, -0.1) is 0 Å². The summed E-state index contributed by atoms with van der Waals surface area (Å²) in [6.07, 6.45) is 0.328. The Balaban J connectivity index is 4.34. The molecular formula is C13H27NO4. The van der Waals surface area contributed by atoms with Crippen molar-refractivity contribution in [2.45, 2.75) is 32.8 Å². The van der Waals surface area contributed by atoms with Crippen LogP contribution in [-0.4, -0.2) is 62.0 Å². The number of aliphatic hydroxyl groups is 1. The van der Waals surface area contributed by atoms with E-state index in [0.29, 0.717) is 32.7 Å². The smallest absolute Gasteiger partial charge is 0.306 e. The second-order valence-electron chi connectivity index (χ2n) is 5.11. The molecule has 0 saturated heterocycles. The second-order valence-corrected chi connectivity index (χ2v) is 5.11. The number of ether oxygens (including phenoxy) is 2. The molecule has 0 radical (unpaired) electrons. The first-order valence-corrected chi connectivity index (χ1v) is 6.34. The molecule has 1 unspecified atom stereocenters. The van der Waals surface area contributed by atoms with E-state index >= 15 is 0 Å². The number of hydrogen-bond acceptors (Lipinski definition) is 5. The van der Waals surface area contributed by atoms with Crippen molar-refractivity contribution in [2.75, 3.05) is 40.5 Å². The first-order valence-electron chi connectivity index (χ1n) is 6.34. The lowest BCUT2D eigenvalue weighted by molar-refractivity contribution is -0.141. The van der Waals surface area contributed by atoms with E-state index < -0.39 is 5.60 Å². The van der Waals surface area contributed by atoms with Crippen LogP contribution in [0.3, 0.4) is 0 Å². The van der Waals surface area contributed by atoms with Gasteiger partial charge in [0, 0.05) is 26.7 Å². The standard InChI is InChI=1S/C13H27NO4/c1-11(2)13(3,16)10-14(8-9-17-4)7-6-12(15)18-5/h11,16H,6-10H2,1-5H3. The molecule has 108 valence electrons. The van der Waals surface area contributed by atoms with E-state index in [0.717, 1.165) is 0 Å². The highest BCUT2D eigenvalue weighted by Gasteiger charge is 2.27. The molecule has 0 rings (SSSR count). The van der Waals surface area contributed by atoms with E-state index in [-0.39, 0.29) is 11.9 Å². The molecule has 0 amide bonds. The highest BCUT2D eigenvalue weighted by molar-refractivity contribution is 5.69. The Bertz CT molecular complexity index is 241. The average molecular weight is 261 g/mol. The van der Waals surface area contributed by atoms with Crippen molar-refractivity contribution in [1.29, 1.82) is 0 Å². The lowest BCUT2D eigenvalue weighted by Crippen LogP contribution is -2.46. The zero-order valence-corrected chi connectivity index (χ0v) is 12.2. The van der Waals surface area contributed by atoms with Gasteiger partial charge in [-0.1, -0.05) is 13.8 Å². The van der Waals surface area contributed by atoms with Gasteiger partial charge in [-0.25, -0.2) is 0 Å². The predicted molar refractivity (Wildman–Crippen MR) is 70.4 cm³/mol. The number of hydrogen-bond donors (Lipinski definition) is 1. The topological polar surface area (TPSA) is 59.0 Å². The first-order chi connectivity index (χ1) is 8.33. The molecule has 0 fully saturated rings. The van der Waals surface area contributed by atoms with Crippen molar-refractivity contribution in [2.24, 2.45) is 5.92 Å². The van der Waals surface area contributed by atoms with Crippen molar-refractivity contribution in [1.82, 2.24) is 4.90 Å². The van der Waals surface area contributed by atoms with Crippen molar-refractivity contribution in [3.63, 3.8) is 0 Å². The van der Waals surface area contributed by atoms with Gasteiger partial charge in [-0.3, -0.25) is 9.69 Å².